The minimum absolute atomic E-state index is 0.549. The van der Waals surface area contributed by atoms with Gasteiger partial charge in [-0.1, -0.05) is 41.4 Å². The van der Waals surface area contributed by atoms with Crippen LogP contribution >= 0.6 is 11.6 Å². The predicted octanol–water partition coefficient (Wildman–Crippen LogP) is 4.13. The van der Waals surface area contributed by atoms with Gasteiger partial charge in [0.2, 0.25) is 0 Å². The van der Waals surface area contributed by atoms with Gasteiger partial charge in [-0.3, -0.25) is 0 Å². The minimum atomic E-state index is 0.549. The predicted molar refractivity (Wildman–Crippen MR) is 102 cm³/mol. The van der Waals surface area contributed by atoms with Gasteiger partial charge in [0.25, 0.3) is 0 Å². The number of hydrogen-bond acceptors (Lipinski definition) is 4. The van der Waals surface area contributed by atoms with E-state index in [1.165, 1.54) is 5.56 Å². The van der Waals surface area contributed by atoms with Gasteiger partial charge < -0.3 is 11.1 Å². The van der Waals surface area contributed by atoms with E-state index >= 15 is 0 Å². The molecule has 0 atom stereocenters. The zero-order valence-corrected chi connectivity index (χ0v) is 14.2. The Kier molecular flexibility index (Phi) is 5.08. The average Bonchev–Trinajstić information content (AvgIpc) is 2.59. The summed E-state index contributed by atoms with van der Waals surface area (Å²) < 4.78 is 0. The Morgan fingerprint density at radius 2 is 1.88 bits per heavy atom. The van der Waals surface area contributed by atoms with Crippen molar-refractivity contribution in [3.05, 3.63) is 64.4 Å². The van der Waals surface area contributed by atoms with Crippen molar-refractivity contribution in [2.75, 3.05) is 18.4 Å². The number of nitrogens with zero attached hydrogens (tertiary/aromatic N) is 2. The van der Waals surface area contributed by atoms with Crippen LogP contribution in [-0.2, 0) is 0 Å². The molecule has 0 amide bonds. The van der Waals surface area contributed by atoms with Gasteiger partial charge in [-0.15, -0.1) is 0 Å². The van der Waals surface area contributed by atoms with Gasteiger partial charge >= 0.3 is 0 Å². The lowest BCUT2D eigenvalue weighted by Crippen LogP contribution is -2.14. The molecule has 0 saturated carbocycles. The van der Waals surface area contributed by atoms with Crippen LogP contribution in [0.4, 0.5) is 5.82 Å². The largest absolute Gasteiger partial charge is 0.368 e. The first-order valence-corrected chi connectivity index (χ1v) is 8.19. The summed E-state index contributed by atoms with van der Waals surface area (Å²) >= 11 is 5.91. The number of nitrogens with one attached hydrogen (secondary N) is 1. The molecule has 0 bridgehead atoms. The van der Waals surface area contributed by atoms with Crippen molar-refractivity contribution in [2.24, 2.45) is 5.73 Å². The fourth-order valence-corrected chi connectivity index (χ4v) is 2.53. The molecule has 3 aromatic rings. The van der Waals surface area contributed by atoms with Gasteiger partial charge in [-0.05, 0) is 42.8 Å². The van der Waals surface area contributed by atoms with Gasteiger partial charge in [0, 0.05) is 23.5 Å². The van der Waals surface area contributed by atoms with E-state index in [0.717, 1.165) is 27.3 Å². The number of nitrogens with two attached hydrogens (primary N) is 1. The van der Waals surface area contributed by atoms with Crippen molar-refractivity contribution in [1.29, 1.82) is 0 Å². The number of rotatable bonds is 5. The SMILES string of the molecule is Cc1ccc2nc(/C=C/c3ccc(Cl)cc3)nc(NCCN)c2c1. The molecule has 24 heavy (non-hydrogen) atoms. The zero-order valence-electron chi connectivity index (χ0n) is 13.5. The number of hydrogen-bond donors (Lipinski definition) is 2. The Hall–Kier alpha value is -2.43. The molecular formula is C19H19ClN4. The molecule has 1 aromatic heterocycles. The second-order valence-electron chi connectivity index (χ2n) is 5.55. The van der Waals surface area contributed by atoms with E-state index in [1.807, 2.05) is 42.5 Å². The summed E-state index contributed by atoms with van der Waals surface area (Å²) in [5.41, 5.74) is 8.73. The Morgan fingerprint density at radius 1 is 1.08 bits per heavy atom. The maximum atomic E-state index is 5.91. The molecule has 0 radical (unpaired) electrons. The number of halogens is 1. The Bertz CT molecular complexity index is 872. The summed E-state index contributed by atoms with van der Waals surface area (Å²) in [6, 6.07) is 13.8. The van der Waals surface area contributed by atoms with Crippen LogP contribution < -0.4 is 11.1 Å². The van der Waals surface area contributed by atoms with Crippen LogP contribution in [0.3, 0.4) is 0 Å². The van der Waals surface area contributed by atoms with Gasteiger partial charge in [0.05, 0.1) is 5.52 Å². The molecule has 1 heterocycles. The van der Waals surface area contributed by atoms with Crippen LogP contribution in [0.15, 0.2) is 42.5 Å². The van der Waals surface area contributed by atoms with E-state index in [4.69, 9.17) is 17.3 Å². The highest BCUT2D eigenvalue weighted by Crippen LogP contribution is 2.22. The molecule has 0 aliphatic heterocycles. The highest BCUT2D eigenvalue weighted by molar-refractivity contribution is 6.30. The third-order valence-corrected chi connectivity index (χ3v) is 3.85. The molecule has 0 aliphatic carbocycles. The van der Waals surface area contributed by atoms with E-state index in [2.05, 4.69) is 34.3 Å². The molecule has 3 rings (SSSR count). The Balaban J connectivity index is 1.98. The van der Waals surface area contributed by atoms with Gasteiger partial charge in [0.1, 0.15) is 5.82 Å². The third kappa shape index (κ3) is 3.91. The molecule has 122 valence electrons. The summed E-state index contributed by atoms with van der Waals surface area (Å²) in [7, 11) is 0. The number of aryl methyl sites for hydroxylation is 1. The van der Waals surface area contributed by atoms with Crippen molar-refractivity contribution in [3.8, 4) is 0 Å². The topological polar surface area (TPSA) is 63.8 Å². The average molecular weight is 339 g/mol. The van der Waals surface area contributed by atoms with Crippen LogP contribution in [0.5, 0.6) is 0 Å². The second kappa shape index (κ2) is 7.43. The molecule has 2 aromatic carbocycles. The van der Waals surface area contributed by atoms with Crippen molar-refractivity contribution in [1.82, 2.24) is 9.97 Å². The summed E-state index contributed by atoms with van der Waals surface area (Å²) in [4.78, 5) is 9.24. The number of aromatic nitrogens is 2. The number of fused-ring (bicyclic) bond motifs is 1. The van der Waals surface area contributed by atoms with Crippen LogP contribution in [0.2, 0.25) is 5.02 Å². The van der Waals surface area contributed by atoms with E-state index in [1.54, 1.807) is 0 Å². The lowest BCUT2D eigenvalue weighted by Gasteiger charge is -2.09. The molecule has 3 N–H and O–H groups in total. The van der Waals surface area contributed by atoms with Gasteiger partial charge in [-0.25, -0.2) is 9.97 Å². The van der Waals surface area contributed by atoms with Crippen LogP contribution in [0, 0.1) is 6.92 Å². The smallest absolute Gasteiger partial charge is 0.154 e. The van der Waals surface area contributed by atoms with E-state index in [0.29, 0.717) is 18.9 Å². The van der Waals surface area contributed by atoms with Crippen LogP contribution in [0.25, 0.3) is 23.1 Å². The monoisotopic (exact) mass is 338 g/mol. The van der Waals surface area contributed by atoms with Crippen molar-refractivity contribution >= 4 is 40.5 Å². The lowest BCUT2D eigenvalue weighted by atomic mass is 10.1. The lowest BCUT2D eigenvalue weighted by molar-refractivity contribution is 1.01. The summed E-state index contributed by atoms with van der Waals surface area (Å²) in [5.74, 6) is 1.46. The highest BCUT2D eigenvalue weighted by atomic mass is 35.5. The maximum Gasteiger partial charge on any atom is 0.154 e. The van der Waals surface area contributed by atoms with E-state index in [-0.39, 0.29) is 0 Å². The van der Waals surface area contributed by atoms with Crippen LogP contribution in [-0.4, -0.2) is 23.1 Å². The van der Waals surface area contributed by atoms with E-state index < -0.39 is 0 Å². The quantitative estimate of drug-likeness (QED) is 0.734. The maximum absolute atomic E-state index is 5.91. The molecule has 0 fully saturated rings. The van der Waals surface area contributed by atoms with Gasteiger partial charge in [-0.2, -0.15) is 0 Å². The fraction of sp³-hybridized carbons (Fsp3) is 0.158. The molecule has 5 heteroatoms. The van der Waals surface area contributed by atoms with E-state index in [9.17, 15) is 0 Å². The van der Waals surface area contributed by atoms with Crippen molar-refractivity contribution in [3.63, 3.8) is 0 Å². The van der Waals surface area contributed by atoms with Crippen molar-refractivity contribution in [2.45, 2.75) is 6.92 Å². The summed E-state index contributed by atoms with van der Waals surface area (Å²) in [6.45, 7) is 3.27. The third-order valence-electron chi connectivity index (χ3n) is 3.60. The Morgan fingerprint density at radius 3 is 2.62 bits per heavy atom. The molecule has 0 spiro atoms. The first-order valence-electron chi connectivity index (χ1n) is 7.82. The molecule has 0 saturated heterocycles. The molecule has 0 aliphatic rings. The van der Waals surface area contributed by atoms with Crippen molar-refractivity contribution < 1.29 is 0 Å². The summed E-state index contributed by atoms with van der Waals surface area (Å²) in [6.07, 6.45) is 3.87. The first-order chi connectivity index (χ1) is 11.7. The zero-order chi connectivity index (χ0) is 16.9. The number of benzene rings is 2. The second-order valence-corrected chi connectivity index (χ2v) is 5.99. The fourth-order valence-electron chi connectivity index (χ4n) is 2.40. The number of anilines is 1. The van der Waals surface area contributed by atoms with Crippen LogP contribution in [0.1, 0.15) is 17.0 Å². The summed E-state index contributed by atoms with van der Waals surface area (Å²) in [5, 5.41) is 5.01. The standard InChI is InChI=1S/C19H19ClN4/c1-13-2-8-17-16(12-13)19(22-11-10-21)24-18(23-17)9-5-14-3-6-15(20)7-4-14/h2-9,12H,10-11,21H2,1H3,(H,22,23,24)/b9-5+. The molecular weight excluding hydrogens is 320 g/mol. The minimum Gasteiger partial charge on any atom is -0.368 e. The molecule has 0 unspecified atom stereocenters. The normalized spacial score (nSPS) is 11.3. The Labute approximate surface area is 146 Å². The highest BCUT2D eigenvalue weighted by Gasteiger charge is 2.06. The van der Waals surface area contributed by atoms with Gasteiger partial charge in [0.15, 0.2) is 5.82 Å². The first kappa shape index (κ1) is 16.4. The molecule has 4 nitrogen and oxygen atoms in total.